The lowest BCUT2D eigenvalue weighted by atomic mass is 9.79. The van der Waals surface area contributed by atoms with Crippen molar-refractivity contribution < 1.29 is 9.31 Å². The molecule has 1 aromatic rings. The Morgan fingerprint density at radius 1 is 0.905 bits per heavy atom. The third-order valence-corrected chi connectivity index (χ3v) is 5.40. The molecule has 1 saturated heterocycles. The van der Waals surface area contributed by atoms with Gasteiger partial charge in [-0.25, -0.2) is 0 Å². The van der Waals surface area contributed by atoms with Crippen LogP contribution in [0.5, 0.6) is 0 Å². The van der Waals surface area contributed by atoms with Crippen LogP contribution in [0.4, 0.5) is 0 Å². The average Bonchev–Trinajstić information content (AvgIpc) is 2.56. The second-order valence-corrected chi connectivity index (χ2v) is 13.0. The Bertz CT molecular complexity index is 511. The minimum Gasteiger partial charge on any atom is -0.399 e. The van der Waals surface area contributed by atoms with Crippen molar-refractivity contribution in [2.45, 2.75) is 58.5 Å². The molecule has 0 N–H and O–H groups in total. The first-order chi connectivity index (χ1) is 9.50. The molecule has 0 aliphatic carbocycles. The van der Waals surface area contributed by atoms with Gasteiger partial charge in [0.15, 0.2) is 0 Å². The fourth-order valence-electron chi connectivity index (χ4n) is 2.09. The maximum atomic E-state index is 6.07. The number of rotatable bonds is 3. The van der Waals surface area contributed by atoms with E-state index in [1.807, 2.05) is 0 Å². The minimum absolute atomic E-state index is 0.273. The van der Waals surface area contributed by atoms with Crippen LogP contribution in [0.25, 0.3) is 6.08 Å². The number of hydrogen-bond donors (Lipinski definition) is 0. The normalized spacial score (nSPS) is 21.2. The summed E-state index contributed by atoms with van der Waals surface area (Å²) in [6.07, 6.45) is 2.22. The fourth-order valence-corrected chi connectivity index (χ4v) is 2.78. The van der Waals surface area contributed by atoms with E-state index < -0.39 is 8.07 Å². The van der Waals surface area contributed by atoms with E-state index in [4.69, 9.17) is 9.31 Å². The van der Waals surface area contributed by atoms with Gasteiger partial charge in [-0.05, 0) is 38.7 Å². The highest BCUT2D eigenvalue weighted by Gasteiger charge is 2.51. The predicted octanol–water partition coefficient (Wildman–Crippen LogP) is 3.88. The van der Waals surface area contributed by atoms with Crippen molar-refractivity contribution in [1.82, 2.24) is 0 Å². The molecule has 0 unspecified atom stereocenters. The van der Waals surface area contributed by atoms with Gasteiger partial charge < -0.3 is 9.31 Å². The quantitative estimate of drug-likeness (QED) is 0.789. The first-order valence-electron chi connectivity index (χ1n) is 7.65. The number of benzene rings is 1. The molecule has 0 radical (unpaired) electrons. The second kappa shape index (κ2) is 5.42. The topological polar surface area (TPSA) is 18.5 Å². The summed E-state index contributed by atoms with van der Waals surface area (Å²) in [6.45, 7) is 15.3. The molecule has 114 valence electrons. The smallest absolute Gasteiger partial charge is 0.399 e. The maximum absolute atomic E-state index is 6.07. The van der Waals surface area contributed by atoms with Gasteiger partial charge >= 0.3 is 7.12 Å². The molecule has 2 rings (SSSR count). The molecule has 0 amide bonds. The molecule has 1 fully saturated rings. The van der Waals surface area contributed by atoms with Gasteiger partial charge in [-0.1, -0.05) is 55.7 Å². The van der Waals surface area contributed by atoms with E-state index in [2.05, 4.69) is 83.4 Å². The summed E-state index contributed by atoms with van der Waals surface area (Å²) in [5.41, 5.74) is 4.11. The van der Waals surface area contributed by atoms with Gasteiger partial charge in [-0.2, -0.15) is 0 Å². The predicted molar refractivity (Wildman–Crippen MR) is 94.5 cm³/mol. The molecular weight excluding hydrogens is 275 g/mol. The molecule has 1 aliphatic rings. The van der Waals surface area contributed by atoms with Crippen molar-refractivity contribution >= 4 is 26.7 Å². The molecule has 2 nitrogen and oxygen atoms in total. The van der Waals surface area contributed by atoms with Crippen molar-refractivity contribution in [2.24, 2.45) is 0 Å². The summed E-state index contributed by atoms with van der Waals surface area (Å²) >= 11 is 0. The Hall–Kier alpha value is -0.838. The Morgan fingerprint density at radius 3 is 1.81 bits per heavy atom. The molecule has 0 spiro atoms. The van der Waals surface area contributed by atoms with Crippen LogP contribution in [0.3, 0.4) is 0 Å². The third-order valence-electron chi connectivity index (χ3n) is 4.24. The zero-order valence-electron chi connectivity index (χ0n) is 14.4. The van der Waals surface area contributed by atoms with E-state index >= 15 is 0 Å². The molecule has 0 saturated carbocycles. The van der Waals surface area contributed by atoms with Gasteiger partial charge in [0.05, 0.1) is 19.3 Å². The molecule has 21 heavy (non-hydrogen) atoms. The molecule has 0 aromatic heterocycles. The molecule has 1 heterocycles. The molecule has 1 aromatic carbocycles. The molecule has 0 atom stereocenters. The largest absolute Gasteiger partial charge is 0.494 e. The van der Waals surface area contributed by atoms with E-state index in [9.17, 15) is 0 Å². The van der Waals surface area contributed by atoms with Crippen molar-refractivity contribution in [3.63, 3.8) is 0 Å². The molecule has 4 heteroatoms. The van der Waals surface area contributed by atoms with E-state index in [1.165, 1.54) is 5.56 Å². The summed E-state index contributed by atoms with van der Waals surface area (Å²) < 4.78 is 12.1. The summed E-state index contributed by atoms with van der Waals surface area (Å²) in [7, 11) is -1.42. The first-order valence-corrected chi connectivity index (χ1v) is 11.2. The van der Waals surface area contributed by atoms with Crippen LogP contribution in [0.1, 0.15) is 33.3 Å². The summed E-state index contributed by atoms with van der Waals surface area (Å²) in [6, 6.07) is 8.48. The van der Waals surface area contributed by atoms with Crippen LogP contribution in [-0.4, -0.2) is 26.4 Å². The lowest BCUT2D eigenvalue weighted by Crippen LogP contribution is -2.41. The Balaban J connectivity index is 2.12. The lowest BCUT2D eigenvalue weighted by molar-refractivity contribution is 0.00578. The summed E-state index contributed by atoms with van der Waals surface area (Å²) in [5.74, 6) is 0. The van der Waals surface area contributed by atoms with Crippen LogP contribution in [-0.2, 0) is 9.31 Å². The van der Waals surface area contributed by atoms with E-state index in [-0.39, 0.29) is 18.3 Å². The standard InChI is InChI=1S/C17H27BO2Si/c1-16(2)17(3,4)20-18(19-16)15-10-8-14(9-11-15)12-13-21(5,6)7/h8-13H,1-7H3/b13-12+. The molecular formula is C17H27BO2Si. The zero-order valence-corrected chi connectivity index (χ0v) is 15.4. The van der Waals surface area contributed by atoms with Crippen molar-refractivity contribution in [3.8, 4) is 0 Å². The van der Waals surface area contributed by atoms with Gasteiger partial charge in [0.1, 0.15) is 0 Å². The van der Waals surface area contributed by atoms with Gasteiger partial charge in [-0.15, -0.1) is 0 Å². The second-order valence-electron chi connectivity index (χ2n) is 7.95. The van der Waals surface area contributed by atoms with Crippen molar-refractivity contribution in [2.75, 3.05) is 0 Å². The van der Waals surface area contributed by atoms with Gasteiger partial charge in [0.25, 0.3) is 0 Å². The Labute approximate surface area is 130 Å². The van der Waals surface area contributed by atoms with Crippen LogP contribution in [0.15, 0.2) is 30.0 Å². The summed E-state index contributed by atoms with van der Waals surface area (Å²) in [4.78, 5) is 0. The highest BCUT2D eigenvalue weighted by atomic mass is 28.3. The van der Waals surface area contributed by atoms with Crippen LogP contribution < -0.4 is 5.46 Å². The molecule has 0 bridgehead atoms. The highest BCUT2D eigenvalue weighted by molar-refractivity contribution is 6.81. The highest BCUT2D eigenvalue weighted by Crippen LogP contribution is 2.36. The zero-order chi connectivity index (χ0) is 15.9. The fraction of sp³-hybridized carbons (Fsp3) is 0.529. The van der Waals surface area contributed by atoms with Crippen LogP contribution in [0, 0.1) is 0 Å². The lowest BCUT2D eigenvalue weighted by Gasteiger charge is -2.32. The van der Waals surface area contributed by atoms with Crippen molar-refractivity contribution in [3.05, 3.63) is 35.5 Å². The molecule has 1 aliphatic heterocycles. The van der Waals surface area contributed by atoms with Crippen LogP contribution >= 0.6 is 0 Å². The van der Waals surface area contributed by atoms with Crippen molar-refractivity contribution in [1.29, 1.82) is 0 Å². The SMILES string of the molecule is CC1(C)OB(c2ccc(/C=C/[Si](C)(C)C)cc2)OC1(C)C. The Kier molecular flexibility index (Phi) is 4.26. The monoisotopic (exact) mass is 302 g/mol. The maximum Gasteiger partial charge on any atom is 0.494 e. The van der Waals surface area contributed by atoms with Gasteiger partial charge in [-0.3, -0.25) is 0 Å². The average molecular weight is 302 g/mol. The van der Waals surface area contributed by atoms with Gasteiger partial charge in [0, 0.05) is 0 Å². The van der Waals surface area contributed by atoms with E-state index in [0.29, 0.717) is 0 Å². The van der Waals surface area contributed by atoms with E-state index in [0.717, 1.165) is 5.46 Å². The third kappa shape index (κ3) is 3.88. The minimum atomic E-state index is -1.15. The van der Waals surface area contributed by atoms with E-state index in [1.54, 1.807) is 0 Å². The van der Waals surface area contributed by atoms with Gasteiger partial charge in [0.2, 0.25) is 0 Å². The van der Waals surface area contributed by atoms with Crippen LogP contribution in [0.2, 0.25) is 19.6 Å². The number of hydrogen-bond acceptors (Lipinski definition) is 2. The summed E-state index contributed by atoms with van der Waals surface area (Å²) in [5, 5.41) is 0. The first kappa shape index (κ1) is 16.5. The Morgan fingerprint density at radius 2 is 1.38 bits per heavy atom.